The molecule has 2 aromatic carbocycles. The third kappa shape index (κ3) is 9.24. The van der Waals surface area contributed by atoms with Crippen LogP contribution in [-0.4, -0.2) is 65.5 Å². The molecule has 0 bridgehead atoms. The summed E-state index contributed by atoms with van der Waals surface area (Å²) in [5, 5.41) is 11.2. The molecular weight excluding hydrogens is 574 g/mol. The molecule has 2 atom stereocenters. The molecule has 1 aromatic heterocycles. The van der Waals surface area contributed by atoms with E-state index in [2.05, 4.69) is 14.9 Å². The molecule has 11 nitrogen and oxygen atoms in total. The maximum Gasteiger partial charge on any atom is 0.490 e. The van der Waals surface area contributed by atoms with E-state index in [9.17, 15) is 30.8 Å². The second-order valence-corrected chi connectivity index (χ2v) is 11.0. The SMILES string of the molecule is CS(=O)(=O)Nc1ccc(-c2noc([C@@H]3CCCN3C(=O)CC(N)Cc3ccccc3F)n2)cc1.O=C(O)C(F)(F)F. The molecule has 1 aliphatic rings. The first-order chi connectivity index (χ1) is 19.1. The predicted molar refractivity (Wildman–Crippen MR) is 138 cm³/mol. The molecule has 222 valence electrons. The molecule has 1 unspecified atom stereocenters. The van der Waals surface area contributed by atoms with Crippen LogP contribution in [0.4, 0.5) is 23.2 Å². The second-order valence-electron chi connectivity index (χ2n) is 9.22. The van der Waals surface area contributed by atoms with Gasteiger partial charge in [0.2, 0.25) is 27.6 Å². The number of amides is 1. The maximum atomic E-state index is 13.9. The number of alkyl halides is 3. The topological polar surface area (TPSA) is 169 Å². The van der Waals surface area contributed by atoms with Crippen molar-refractivity contribution in [2.75, 3.05) is 17.5 Å². The van der Waals surface area contributed by atoms with Gasteiger partial charge in [-0.15, -0.1) is 0 Å². The summed E-state index contributed by atoms with van der Waals surface area (Å²) in [7, 11) is -3.37. The molecule has 0 aliphatic carbocycles. The second kappa shape index (κ2) is 13.1. The van der Waals surface area contributed by atoms with Crippen LogP contribution < -0.4 is 10.5 Å². The van der Waals surface area contributed by atoms with Crippen molar-refractivity contribution in [3.05, 3.63) is 65.8 Å². The minimum atomic E-state index is -5.08. The van der Waals surface area contributed by atoms with Crippen LogP contribution in [-0.2, 0) is 26.0 Å². The first kappa shape index (κ1) is 31.5. The average molecular weight is 602 g/mol. The molecular formula is C25H27F4N5O6S. The summed E-state index contributed by atoms with van der Waals surface area (Å²) < 4.78 is 76.2. The smallest absolute Gasteiger partial charge is 0.475 e. The van der Waals surface area contributed by atoms with E-state index in [1.54, 1.807) is 47.4 Å². The molecule has 4 N–H and O–H groups in total. The van der Waals surface area contributed by atoms with Crippen LogP contribution in [0.3, 0.4) is 0 Å². The van der Waals surface area contributed by atoms with E-state index < -0.39 is 28.2 Å². The quantitative estimate of drug-likeness (QED) is 0.327. The number of nitrogens with zero attached hydrogens (tertiary/aromatic N) is 3. The summed E-state index contributed by atoms with van der Waals surface area (Å²) in [6.07, 6.45) is -2.17. The van der Waals surface area contributed by atoms with E-state index in [1.807, 2.05) is 0 Å². The molecule has 0 saturated carbocycles. The number of benzene rings is 2. The van der Waals surface area contributed by atoms with Crippen LogP contribution in [0.1, 0.15) is 36.8 Å². The monoisotopic (exact) mass is 601 g/mol. The Balaban J connectivity index is 0.000000587. The van der Waals surface area contributed by atoms with Crippen LogP contribution in [0.25, 0.3) is 11.4 Å². The van der Waals surface area contributed by atoms with Gasteiger partial charge in [-0.3, -0.25) is 9.52 Å². The van der Waals surface area contributed by atoms with E-state index in [-0.39, 0.29) is 30.6 Å². The number of halogens is 4. The summed E-state index contributed by atoms with van der Waals surface area (Å²) in [6.45, 7) is 0.555. The van der Waals surface area contributed by atoms with Crippen molar-refractivity contribution in [3.63, 3.8) is 0 Å². The number of hydrogen-bond acceptors (Lipinski definition) is 8. The van der Waals surface area contributed by atoms with Gasteiger partial charge in [0.25, 0.3) is 0 Å². The van der Waals surface area contributed by atoms with Gasteiger partial charge in [0, 0.05) is 30.3 Å². The number of carboxylic acid groups (broad SMARTS) is 1. The first-order valence-electron chi connectivity index (χ1n) is 12.1. The fourth-order valence-corrected chi connectivity index (χ4v) is 4.64. The highest BCUT2D eigenvalue weighted by Gasteiger charge is 2.38. The van der Waals surface area contributed by atoms with Crippen LogP contribution in [0.2, 0.25) is 0 Å². The van der Waals surface area contributed by atoms with Gasteiger partial charge < -0.3 is 20.3 Å². The zero-order chi connectivity index (χ0) is 30.4. The molecule has 1 fully saturated rings. The number of aromatic nitrogens is 2. The number of sulfonamides is 1. The Morgan fingerprint density at radius 1 is 1.20 bits per heavy atom. The van der Waals surface area contributed by atoms with Crippen molar-refractivity contribution in [2.45, 2.75) is 43.9 Å². The number of carboxylic acids is 1. The number of likely N-dealkylation sites (tertiary alicyclic amines) is 1. The standard InChI is InChI=1S/C23H26FN5O4S.C2HF3O2/c1-34(31,32)28-18-10-8-15(9-11-18)22-26-23(33-27-22)20-7-4-12-29(20)21(30)14-17(25)13-16-5-2-3-6-19(16)24;3-2(4,5)1(6)7/h2-3,5-6,8-11,17,20,28H,4,7,12-14,25H2,1H3;(H,6,7)/t17?,20-;/m0./s1. The third-order valence-electron chi connectivity index (χ3n) is 5.87. The minimum absolute atomic E-state index is 0.0840. The first-order valence-corrected chi connectivity index (χ1v) is 14.0. The van der Waals surface area contributed by atoms with E-state index in [0.717, 1.165) is 12.7 Å². The van der Waals surface area contributed by atoms with Gasteiger partial charge in [0.15, 0.2) is 0 Å². The molecule has 0 spiro atoms. The predicted octanol–water partition coefficient (Wildman–Crippen LogP) is 3.50. The van der Waals surface area contributed by atoms with E-state index in [0.29, 0.717) is 41.5 Å². The van der Waals surface area contributed by atoms with E-state index >= 15 is 0 Å². The Bertz CT molecular complexity index is 1460. The Hall–Kier alpha value is -4.05. The van der Waals surface area contributed by atoms with Gasteiger partial charge in [-0.1, -0.05) is 23.4 Å². The average Bonchev–Trinajstić information content (AvgIpc) is 3.55. The molecule has 3 aromatic rings. The Kier molecular flexibility index (Phi) is 10.0. The Labute approximate surface area is 232 Å². The lowest BCUT2D eigenvalue weighted by Crippen LogP contribution is -2.36. The highest BCUT2D eigenvalue weighted by atomic mass is 32.2. The van der Waals surface area contributed by atoms with Gasteiger partial charge >= 0.3 is 12.1 Å². The molecule has 0 radical (unpaired) electrons. The summed E-state index contributed by atoms with van der Waals surface area (Å²) >= 11 is 0. The normalized spacial score (nSPS) is 16.0. The van der Waals surface area contributed by atoms with Crippen LogP contribution >= 0.6 is 0 Å². The number of hydrogen-bond donors (Lipinski definition) is 3. The lowest BCUT2D eigenvalue weighted by Gasteiger charge is -2.23. The highest BCUT2D eigenvalue weighted by Crippen LogP contribution is 2.33. The molecule has 1 saturated heterocycles. The van der Waals surface area contributed by atoms with Gasteiger partial charge in [-0.2, -0.15) is 18.2 Å². The van der Waals surface area contributed by atoms with E-state index in [1.165, 1.54) is 6.07 Å². The largest absolute Gasteiger partial charge is 0.490 e. The fraction of sp³-hybridized carbons (Fsp3) is 0.360. The van der Waals surface area contributed by atoms with Crippen molar-refractivity contribution < 1.29 is 45.2 Å². The molecule has 16 heteroatoms. The molecule has 1 aliphatic heterocycles. The van der Waals surface area contributed by atoms with Crippen molar-refractivity contribution in [1.29, 1.82) is 0 Å². The molecule has 41 heavy (non-hydrogen) atoms. The van der Waals surface area contributed by atoms with Gasteiger partial charge in [0.05, 0.1) is 6.26 Å². The van der Waals surface area contributed by atoms with Crippen LogP contribution in [0.5, 0.6) is 0 Å². The number of aliphatic carboxylic acids is 1. The van der Waals surface area contributed by atoms with Gasteiger partial charge in [-0.05, 0) is 55.2 Å². The zero-order valence-electron chi connectivity index (χ0n) is 21.6. The molecule has 2 heterocycles. The lowest BCUT2D eigenvalue weighted by molar-refractivity contribution is -0.192. The summed E-state index contributed by atoms with van der Waals surface area (Å²) in [4.78, 5) is 28.0. The Morgan fingerprint density at radius 3 is 2.41 bits per heavy atom. The lowest BCUT2D eigenvalue weighted by atomic mass is 10.0. The number of nitrogens with one attached hydrogen (secondary N) is 1. The summed E-state index contributed by atoms with van der Waals surface area (Å²) in [5.74, 6) is -2.55. The highest BCUT2D eigenvalue weighted by molar-refractivity contribution is 7.92. The van der Waals surface area contributed by atoms with Gasteiger partial charge in [0.1, 0.15) is 11.9 Å². The number of nitrogens with two attached hydrogens (primary N) is 1. The van der Waals surface area contributed by atoms with Crippen LogP contribution in [0, 0.1) is 5.82 Å². The van der Waals surface area contributed by atoms with Gasteiger partial charge in [-0.25, -0.2) is 17.6 Å². The zero-order valence-corrected chi connectivity index (χ0v) is 22.5. The van der Waals surface area contributed by atoms with Crippen molar-refractivity contribution in [1.82, 2.24) is 15.0 Å². The minimum Gasteiger partial charge on any atom is -0.475 e. The van der Waals surface area contributed by atoms with Crippen molar-refractivity contribution in [3.8, 4) is 11.4 Å². The number of rotatable bonds is 8. The van der Waals surface area contributed by atoms with Crippen LogP contribution in [0.15, 0.2) is 53.1 Å². The fourth-order valence-electron chi connectivity index (χ4n) is 4.07. The third-order valence-corrected chi connectivity index (χ3v) is 6.47. The Morgan fingerprint density at radius 2 is 1.83 bits per heavy atom. The van der Waals surface area contributed by atoms with Crippen molar-refractivity contribution in [2.24, 2.45) is 5.73 Å². The number of anilines is 1. The molecule has 1 amide bonds. The number of carbonyl (C=O) groups is 2. The van der Waals surface area contributed by atoms with Crippen molar-refractivity contribution >= 4 is 27.6 Å². The molecule has 4 rings (SSSR count). The number of carbonyl (C=O) groups excluding carboxylic acids is 1. The maximum absolute atomic E-state index is 13.9. The summed E-state index contributed by atoms with van der Waals surface area (Å²) in [5.41, 5.74) is 7.71. The van der Waals surface area contributed by atoms with E-state index in [4.69, 9.17) is 20.2 Å². The summed E-state index contributed by atoms with van der Waals surface area (Å²) in [6, 6.07) is 12.1.